The molecule has 1 N–H and O–H groups in total. The zero-order chi connectivity index (χ0) is 15.2. The number of carbonyl (C=O) groups is 1. The van der Waals surface area contributed by atoms with Gasteiger partial charge in [0.2, 0.25) is 5.91 Å². The number of benzene rings is 1. The van der Waals surface area contributed by atoms with E-state index in [1.165, 1.54) is 0 Å². The maximum atomic E-state index is 12.1. The van der Waals surface area contributed by atoms with Gasteiger partial charge in [-0.2, -0.15) is 5.10 Å². The summed E-state index contributed by atoms with van der Waals surface area (Å²) in [5.41, 5.74) is 2.74. The van der Waals surface area contributed by atoms with Crippen LogP contribution in [-0.2, 0) is 11.3 Å². The first-order valence-electron chi connectivity index (χ1n) is 7.13. The summed E-state index contributed by atoms with van der Waals surface area (Å²) in [5, 5.41) is 7.23. The molecule has 0 bridgehead atoms. The molecule has 0 aliphatic carbocycles. The Hall–Kier alpha value is -2.30. The van der Waals surface area contributed by atoms with E-state index in [1.807, 2.05) is 55.8 Å². The molecule has 0 saturated carbocycles. The van der Waals surface area contributed by atoms with E-state index in [9.17, 15) is 4.79 Å². The highest BCUT2D eigenvalue weighted by molar-refractivity contribution is 5.92. The van der Waals surface area contributed by atoms with E-state index in [-0.39, 0.29) is 5.91 Å². The fraction of sp³-hybridized carbons (Fsp3) is 0.375. The predicted octanol–water partition coefficient (Wildman–Crippen LogP) is 2.93. The van der Waals surface area contributed by atoms with Gasteiger partial charge in [-0.15, -0.1) is 0 Å². The number of nitrogens with one attached hydrogen (secondary N) is 1. The fourth-order valence-electron chi connectivity index (χ4n) is 2.17. The number of ether oxygens (including phenoxy) is 1. The van der Waals surface area contributed by atoms with Gasteiger partial charge in [-0.25, -0.2) is 0 Å². The standard InChI is InChI=1S/C16H21N3O2/c1-4-21-15-8-6-5-7-14(15)17-16(20)9-10-19-13(3)11-12(2)18-19/h5-8,11H,4,9-10H2,1-3H3,(H,17,20). The van der Waals surface area contributed by atoms with Crippen LogP contribution < -0.4 is 10.1 Å². The Balaban J connectivity index is 1.94. The molecule has 1 amide bonds. The number of para-hydroxylation sites is 2. The monoisotopic (exact) mass is 287 g/mol. The van der Waals surface area contributed by atoms with Gasteiger partial charge in [0.1, 0.15) is 5.75 Å². The third-order valence-corrected chi connectivity index (χ3v) is 3.12. The van der Waals surface area contributed by atoms with Gasteiger partial charge in [-0.3, -0.25) is 9.48 Å². The molecule has 1 aromatic heterocycles. The summed E-state index contributed by atoms with van der Waals surface area (Å²) in [4.78, 5) is 12.1. The lowest BCUT2D eigenvalue weighted by Crippen LogP contribution is -2.16. The number of nitrogens with zero attached hydrogens (tertiary/aromatic N) is 2. The normalized spacial score (nSPS) is 10.4. The first-order chi connectivity index (χ1) is 10.1. The molecule has 21 heavy (non-hydrogen) atoms. The number of anilines is 1. The Morgan fingerprint density at radius 3 is 2.76 bits per heavy atom. The van der Waals surface area contributed by atoms with Gasteiger partial charge in [-0.05, 0) is 39.0 Å². The molecule has 0 saturated heterocycles. The molecule has 1 aromatic carbocycles. The molecule has 0 unspecified atom stereocenters. The molecule has 5 nitrogen and oxygen atoms in total. The first-order valence-corrected chi connectivity index (χ1v) is 7.13. The van der Waals surface area contributed by atoms with Gasteiger partial charge in [0.25, 0.3) is 0 Å². The van der Waals surface area contributed by atoms with Gasteiger partial charge < -0.3 is 10.1 Å². The summed E-state index contributed by atoms with van der Waals surface area (Å²) in [6, 6.07) is 9.45. The van der Waals surface area contributed by atoms with Crippen LogP contribution >= 0.6 is 0 Å². The number of aryl methyl sites for hydroxylation is 3. The SMILES string of the molecule is CCOc1ccccc1NC(=O)CCn1nc(C)cc1C. The summed E-state index contributed by atoms with van der Waals surface area (Å²) in [7, 11) is 0. The highest BCUT2D eigenvalue weighted by Gasteiger charge is 2.08. The highest BCUT2D eigenvalue weighted by Crippen LogP contribution is 2.23. The van der Waals surface area contributed by atoms with Crippen LogP contribution in [0.3, 0.4) is 0 Å². The van der Waals surface area contributed by atoms with Crippen molar-refractivity contribution < 1.29 is 9.53 Å². The van der Waals surface area contributed by atoms with Crippen molar-refractivity contribution in [3.63, 3.8) is 0 Å². The van der Waals surface area contributed by atoms with Crippen LogP contribution in [0, 0.1) is 13.8 Å². The van der Waals surface area contributed by atoms with Crippen LogP contribution in [0.25, 0.3) is 0 Å². The highest BCUT2D eigenvalue weighted by atomic mass is 16.5. The second-order valence-corrected chi connectivity index (χ2v) is 4.88. The van der Waals surface area contributed by atoms with Gasteiger partial charge in [0.15, 0.2) is 0 Å². The lowest BCUT2D eigenvalue weighted by Gasteiger charge is -2.11. The molecule has 0 radical (unpaired) electrons. The van der Waals surface area contributed by atoms with E-state index < -0.39 is 0 Å². The molecule has 112 valence electrons. The van der Waals surface area contributed by atoms with E-state index in [0.29, 0.717) is 31.0 Å². The molecule has 0 spiro atoms. The molecule has 0 fully saturated rings. The molecular formula is C16H21N3O2. The van der Waals surface area contributed by atoms with Gasteiger partial charge in [0.05, 0.1) is 18.0 Å². The van der Waals surface area contributed by atoms with Crippen molar-refractivity contribution in [3.8, 4) is 5.75 Å². The van der Waals surface area contributed by atoms with E-state index in [4.69, 9.17) is 4.74 Å². The lowest BCUT2D eigenvalue weighted by molar-refractivity contribution is -0.116. The number of amides is 1. The van der Waals surface area contributed by atoms with E-state index in [1.54, 1.807) is 0 Å². The number of hydrogen-bond acceptors (Lipinski definition) is 3. The number of rotatable bonds is 6. The van der Waals surface area contributed by atoms with Gasteiger partial charge in [-0.1, -0.05) is 12.1 Å². The second kappa shape index (κ2) is 6.92. The Bertz CT molecular complexity index is 620. The zero-order valence-electron chi connectivity index (χ0n) is 12.7. The average molecular weight is 287 g/mol. The van der Waals surface area contributed by atoms with Crippen LogP contribution in [0.4, 0.5) is 5.69 Å². The molecule has 1 heterocycles. The largest absolute Gasteiger partial charge is 0.492 e. The minimum atomic E-state index is -0.0466. The van der Waals surface area contributed by atoms with E-state index in [2.05, 4.69) is 10.4 Å². The quantitative estimate of drug-likeness (QED) is 0.888. The summed E-state index contributed by atoms with van der Waals surface area (Å²) in [6.07, 6.45) is 0.377. The summed E-state index contributed by atoms with van der Waals surface area (Å²) in [6.45, 7) is 6.99. The van der Waals surface area contributed by atoms with E-state index >= 15 is 0 Å². The third-order valence-electron chi connectivity index (χ3n) is 3.12. The van der Waals surface area contributed by atoms with Crippen LogP contribution in [0.15, 0.2) is 30.3 Å². The molecule has 5 heteroatoms. The van der Waals surface area contributed by atoms with Crippen molar-refractivity contribution >= 4 is 11.6 Å². The molecule has 0 atom stereocenters. The van der Waals surface area contributed by atoms with Gasteiger partial charge >= 0.3 is 0 Å². The number of carbonyl (C=O) groups excluding carboxylic acids is 1. The Morgan fingerprint density at radius 1 is 1.33 bits per heavy atom. The third kappa shape index (κ3) is 4.08. The van der Waals surface area contributed by atoms with Crippen molar-refractivity contribution in [2.75, 3.05) is 11.9 Å². The molecule has 2 aromatic rings. The smallest absolute Gasteiger partial charge is 0.226 e. The minimum absolute atomic E-state index is 0.0466. The topological polar surface area (TPSA) is 56.1 Å². The summed E-state index contributed by atoms with van der Waals surface area (Å²) >= 11 is 0. The number of hydrogen-bond donors (Lipinski definition) is 1. The van der Waals surface area contributed by atoms with Crippen LogP contribution in [0.5, 0.6) is 5.75 Å². The average Bonchev–Trinajstić information content (AvgIpc) is 2.77. The molecule has 0 aliphatic rings. The van der Waals surface area contributed by atoms with Crippen LogP contribution in [0.2, 0.25) is 0 Å². The minimum Gasteiger partial charge on any atom is -0.492 e. The van der Waals surface area contributed by atoms with Crippen LogP contribution in [-0.4, -0.2) is 22.3 Å². The zero-order valence-corrected chi connectivity index (χ0v) is 12.7. The molecular weight excluding hydrogens is 266 g/mol. The van der Waals surface area contributed by atoms with Crippen molar-refractivity contribution in [1.82, 2.24) is 9.78 Å². The molecule has 0 aliphatic heterocycles. The van der Waals surface area contributed by atoms with Crippen molar-refractivity contribution in [3.05, 3.63) is 41.7 Å². The summed E-state index contributed by atoms with van der Waals surface area (Å²) in [5.74, 6) is 0.647. The van der Waals surface area contributed by atoms with Gasteiger partial charge in [0, 0.05) is 18.7 Å². The maximum Gasteiger partial charge on any atom is 0.226 e. The lowest BCUT2D eigenvalue weighted by atomic mass is 10.2. The summed E-state index contributed by atoms with van der Waals surface area (Å²) < 4.78 is 7.34. The fourth-order valence-corrected chi connectivity index (χ4v) is 2.17. The molecule has 2 rings (SSSR count). The predicted molar refractivity (Wildman–Crippen MR) is 82.6 cm³/mol. The Labute approximate surface area is 124 Å². The van der Waals surface area contributed by atoms with Crippen LogP contribution in [0.1, 0.15) is 24.7 Å². The van der Waals surface area contributed by atoms with Crippen molar-refractivity contribution in [2.24, 2.45) is 0 Å². The Morgan fingerprint density at radius 2 is 2.10 bits per heavy atom. The Kier molecular flexibility index (Phi) is 4.98. The first kappa shape index (κ1) is 15.1. The van der Waals surface area contributed by atoms with Crippen molar-refractivity contribution in [2.45, 2.75) is 33.7 Å². The second-order valence-electron chi connectivity index (χ2n) is 4.88. The number of aromatic nitrogens is 2. The van der Waals surface area contributed by atoms with Crippen molar-refractivity contribution in [1.29, 1.82) is 0 Å². The maximum absolute atomic E-state index is 12.1. The van der Waals surface area contributed by atoms with E-state index in [0.717, 1.165) is 11.4 Å².